The molecule has 198 valence electrons. The van der Waals surface area contributed by atoms with Gasteiger partial charge in [0.25, 0.3) is 0 Å². The summed E-state index contributed by atoms with van der Waals surface area (Å²) in [5.74, 6) is -4.45. The van der Waals surface area contributed by atoms with E-state index >= 15 is 0 Å². The van der Waals surface area contributed by atoms with Crippen LogP contribution in [0.5, 0.6) is 5.75 Å². The first-order chi connectivity index (χ1) is 17.3. The molecule has 12 heteroatoms. The molecule has 0 unspecified atom stereocenters. The number of carbonyl (C=O) groups is 1. The molecule has 4 nitrogen and oxygen atoms in total. The summed E-state index contributed by atoms with van der Waals surface area (Å²) >= 11 is 0. The molecule has 3 aromatic rings. The van der Waals surface area contributed by atoms with Crippen LogP contribution < -0.4 is 4.74 Å². The second-order valence-electron chi connectivity index (χ2n) is 7.58. The summed E-state index contributed by atoms with van der Waals surface area (Å²) < 4.78 is 119. The van der Waals surface area contributed by atoms with Crippen LogP contribution in [0.2, 0.25) is 0 Å². The Hall–Kier alpha value is -3.67. The monoisotopic (exact) mass is 534 g/mol. The predicted octanol–water partition coefficient (Wildman–Crippen LogP) is 6.88. The van der Waals surface area contributed by atoms with Crippen molar-refractivity contribution in [3.05, 3.63) is 76.9 Å². The van der Waals surface area contributed by atoms with Gasteiger partial charge in [-0.1, -0.05) is 12.1 Å². The van der Waals surface area contributed by atoms with Gasteiger partial charge >= 0.3 is 18.3 Å². The molecule has 3 rings (SSSR count). The van der Waals surface area contributed by atoms with Gasteiger partial charge in [0, 0.05) is 11.1 Å². The number of esters is 1. The molecule has 0 fully saturated rings. The Balaban J connectivity index is 2.40. The molecule has 0 atom stereocenters. The van der Waals surface area contributed by atoms with Crippen LogP contribution in [0, 0.1) is 11.6 Å². The van der Waals surface area contributed by atoms with Gasteiger partial charge in [0.2, 0.25) is 0 Å². The highest BCUT2D eigenvalue weighted by Crippen LogP contribution is 2.44. The van der Waals surface area contributed by atoms with Crippen molar-refractivity contribution in [2.75, 3.05) is 19.8 Å². The predicted molar refractivity (Wildman–Crippen MR) is 116 cm³/mol. The lowest BCUT2D eigenvalue weighted by atomic mass is 9.92. The van der Waals surface area contributed by atoms with E-state index in [0.29, 0.717) is 24.3 Å². The first-order valence-corrected chi connectivity index (χ1v) is 10.6. The van der Waals surface area contributed by atoms with Crippen LogP contribution in [0.3, 0.4) is 0 Å². The van der Waals surface area contributed by atoms with Gasteiger partial charge in [-0.3, -0.25) is 0 Å². The highest BCUT2D eigenvalue weighted by Gasteiger charge is 2.36. The fourth-order valence-corrected chi connectivity index (χ4v) is 3.51. The summed E-state index contributed by atoms with van der Waals surface area (Å²) in [7, 11) is 0. The first-order valence-electron chi connectivity index (χ1n) is 10.6. The Kier molecular flexibility index (Phi) is 8.11. The highest BCUT2D eigenvalue weighted by molar-refractivity contribution is 5.96. The third kappa shape index (κ3) is 6.19. The summed E-state index contributed by atoms with van der Waals surface area (Å²) in [6, 6.07) is 5.99. The van der Waals surface area contributed by atoms with Crippen molar-refractivity contribution in [3.63, 3.8) is 0 Å². The summed E-state index contributed by atoms with van der Waals surface area (Å²) in [5.41, 5.74) is -4.63. The number of aliphatic hydroxyl groups is 1. The molecule has 37 heavy (non-hydrogen) atoms. The number of hydrogen-bond donors (Lipinski definition) is 1. The van der Waals surface area contributed by atoms with Crippen molar-refractivity contribution >= 4 is 5.97 Å². The van der Waals surface area contributed by atoms with E-state index in [-0.39, 0.29) is 40.2 Å². The van der Waals surface area contributed by atoms with Gasteiger partial charge in [-0.15, -0.1) is 0 Å². The number of alkyl halides is 6. The maximum Gasteiger partial charge on any atom is 0.419 e. The summed E-state index contributed by atoms with van der Waals surface area (Å²) in [5, 5.41) is 9.24. The van der Waals surface area contributed by atoms with Crippen molar-refractivity contribution in [2.24, 2.45) is 0 Å². The number of ether oxygens (including phenoxy) is 2. The Bertz CT molecular complexity index is 1210. The molecule has 0 bridgehead atoms. The van der Waals surface area contributed by atoms with E-state index in [1.54, 1.807) is 0 Å². The maximum absolute atomic E-state index is 13.9. The van der Waals surface area contributed by atoms with E-state index in [9.17, 15) is 45.0 Å². The van der Waals surface area contributed by atoms with Crippen molar-refractivity contribution in [2.45, 2.75) is 19.3 Å². The third-order valence-corrected chi connectivity index (χ3v) is 5.10. The van der Waals surface area contributed by atoms with Crippen LogP contribution in [0.25, 0.3) is 22.3 Å². The van der Waals surface area contributed by atoms with Crippen molar-refractivity contribution in [3.8, 4) is 28.0 Å². The lowest BCUT2D eigenvalue weighted by Gasteiger charge is -2.19. The SMILES string of the molecule is CCOC(=O)c1cc(-c2ccc(F)c(C(F)(F)F)c2)c(OCCO)c(-c2ccc(F)c(C(F)(F)F)c2)c1. The average Bonchev–Trinajstić information content (AvgIpc) is 2.81. The number of benzene rings is 3. The molecule has 3 aromatic carbocycles. The summed E-state index contributed by atoms with van der Waals surface area (Å²) in [6.45, 7) is 0.339. The van der Waals surface area contributed by atoms with E-state index in [0.717, 1.165) is 24.3 Å². The van der Waals surface area contributed by atoms with Crippen LogP contribution >= 0.6 is 0 Å². The number of carbonyl (C=O) groups excluding carboxylic acids is 1. The molecule has 1 N–H and O–H groups in total. The maximum atomic E-state index is 13.9. The Morgan fingerprint density at radius 3 is 1.65 bits per heavy atom. The van der Waals surface area contributed by atoms with E-state index in [1.165, 1.54) is 6.92 Å². The van der Waals surface area contributed by atoms with Gasteiger partial charge in [0.1, 0.15) is 24.0 Å². The highest BCUT2D eigenvalue weighted by atomic mass is 19.4. The summed E-state index contributed by atoms with van der Waals surface area (Å²) in [4.78, 5) is 12.5. The zero-order valence-corrected chi connectivity index (χ0v) is 18.9. The molecule has 0 aliphatic carbocycles. The number of halogens is 8. The van der Waals surface area contributed by atoms with Gasteiger partial charge < -0.3 is 14.6 Å². The second-order valence-corrected chi connectivity index (χ2v) is 7.58. The van der Waals surface area contributed by atoms with Crippen LogP contribution in [0.4, 0.5) is 35.1 Å². The lowest BCUT2D eigenvalue weighted by Crippen LogP contribution is -2.11. The van der Waals surface area contributed by atoms with Crippen LogP contribution in [0.1, 0.15) is 28.4 Å². The molecule has 0 saturated heterocycles. The average molecular weight is 534 g/mol. The van der Waals surface area contributed by atoms with Crippen molar-refractivity contribution < 1.29 is 54.5 Å². The van der Waals surface area contributed by atoms with Crippen LogP contribution in [0.15, 0.2) is 48.5 Å². The normalized spacial score (nSPS) is 11.9. The van der Waals surface area contributed by atoms with Crippen molar-refractivity contribution in [1.82, 2.24) is 0 Å². The van der Waals surface area contributed by atoms with Crippen LogP contribution in [-0.2, 0) is 17.1 Å². The smallest absolute Gasteiger partial charge is 0.419 e. The zero-order chi connectivity index (χ0) is 27.5. The quantitative estimate of drug-likeness (QED) is 0.265. The largest absolute Gasteiger partial charge is 0.490 e. The van der Waals surface area contributed by atoms with E-state index in [4.69, 9.17) is 9.47 Å². The molecule has 0 aliphatic heterocycles. The number of rotatable bonds is 7. The van der Waals surface area contributed by atoms with Gasteiger partial charge in [-0.25, -0.2) is 13.6 Å². The minimum Gasteiger partial charge on any atom is -0.490 e. The Morgan fingerprint density at radius 1 is 0.811 bits per heavy atom. The number of hydrogen-bond acceptors (Lipinski definition) is 4. The molecule has 0 aromatic heterocycles. The van der Waals surface area contributed by atoms with Gasteiger partial charge in [-0.05, 0) is 54.4 Å². The fraction of sp³-hybridized carbons (Fsp3) is 0.240. The minimum absolute atomic E-state index is 0.101. The minimum atomic E-state index is -5.09. The van der Waals surface area contributed by atoms with Crippen LogP contribution in [-0.4, -0.2) is 30.9 Å². The molecule has 0 amide bonds. The summed E-state index contributed by atoms with van der Waals surface area (Å²) in [6.07, 6.45) is -10.2. The molecule has 0 radical (unpaired) electrons. The van der Waals surface area contributed by atoms with E-state index < -0.39 is 54.3 Å². The topological polar surface area (TPSA) is 55.8 Å². The third-order valence-electron chi connectivity index (χ3n) is 5.10. The van der Waals surface area contributed by atoms with E-state index in [1.807, 2.05) is 0 Å². The number of aliphatic hydroxyl groups excluding tert-OH is 1. The van der Waals surface area contributed by atoms with Crippen molar-refractivity contribution in [1.29, 1.82) is 0 Å². The molecular formula is C25H18F8O4. The fourth-order valence-electron chi connectivity index (χ4n) is 3.51. The Morgan fingerprint density at radius 2 is 1.27 bits per heavy atom. The zero-order valence-electron chi connectivity index (χ0n) is 18.9. The Labute approximate surface area is 205 Å². The molecule has 0 aliphatic rings. The van der Waals surface area contributed by atoms with Gasteiger partial charge in [0.15, 0.2) is 0 Å². The standard InChI is InChI=1S/C25H18F8O4/c1-2-36-23(35)15-9-16(13-3-5-20(26)18(11-13)24(28,29)30)22(37-8-7-34)17(10-15)14-4-6-21(27)19(12-14)25(31,32)33/h3-6,9-12,34H,2,7-8H2,1H3. The molecule has 0 heterocycles. The van der Waals surface area contributed by atoms with Gasteiger partial charge in [0.05, 0.1) is 29.9 Å². The van der Waals surface area contributed by atoms with E-state index in [2.05, 4.69) is 0 Å². The molecule has 0 spiro atoms. The molecule has 0 saturated carbocycles. The first kappa shape index (κ1) is 27.9. The second kappa shape index (κ2) is 10.8. The van der Waals surface area contributed by atoms with Gasteiger partial charge in [-0.2, -0.15) is 26.3 Å². The lowest BCUT2D eigenvalue weighted by molar-refractivity contribution is -0.140. The molecular weight excluding hydrogens is 516 g/mol.